The maximum absolute atomic E-state index is 2.63. The minimum atomic E-state index is 1.02. The van der Waals surface area contributed by atoms with Gasteiger partial charge in [-0.25, -0.2) is 0 Å². The Hall–Kier alpha value is -5.34. The van der Waals surface area contributed by atoms with E-state index in [1.807, 2.05) is 0 Å². The van der Waals surface area contributed by atoms with Gasteiger partial charge in [-0.1, -0.05) is 124 Å². The average Bonchev–Trinajstić information content (AvgIpc) is 3.63. The van der Waals surface area contributed by atoms with Crippen LogP contribution in [0.3, 0.4) is 0 Å². The van der Waals surface area contributed by atoms with Gasteiger partial charge in [-0.3, -0.25) is 0 Å². The molecule has 0 spiro atoms. The molecule has 9 rings (SSSR count). The average molecular weight is 621 g/mol. The highest BCUT2D eigenvalue weighted by Crippen LogP contribution is 2.42. The highest BCUT2D eigenvalue weighted by molar-refractivity contribution is 6.23. The minimum Gasteiger partial charge on any atom is -0.339 e. The maximum Gasteiger partial charge on any atom is 0.0739 e. The molecule has 0 fully saturated rings. The van der Waals surface area contributed by atoms with Crippen molar-refractivity contribution in [3.63, 3.8) is 0 Å². The van der Waals surface area contributed by atoms with Gasteiger partial charge in [0, 0.05) is 45.7 Å². The topological polar surface area (TPSA) is 9.86 Å². The van der Waals surface area contributed by atoms with E-state index in [9.17, 15) is 0 Å². The summed E-state index contributed by atoms with van der Waals surface area (Å²) in [6.07, 6.45) is 4.65. The van der Waals surface area contributed by atoms with E-state index in [0.717, 1.165) is 25.9 Å². The quantitative estimate of drug-likeness (QED) is 0.160. The van der Waals surface area contributed by atoms with Crippen LogP contribution >= 0.6 is 0 Å². The van der Waals surface area contributed by atoms with Crippen molar-refractivity contribution in [2.45, 2.75) is 52.6 Å². The Morgan fingerprint density at radius 2 is 0.771 bits per heavy atom. The third kappa shape index (κ3) is 4.62. The smallest absolute Gasteiger partial charge is 0.0739 e. The van der Waals surface area contributed by atoms with E-state index in [4.69, 9.17) is 0 Å². The number of unbranched alkanes of at least 4 members (excludes halogenated alkanes) is 2. The second-order valence-electron chi connectivity index (χ2n) is 13.5. The fourth-order valence-corrected chi connectivity index (χ4v) is 7.97. The molecule has 0 aliphatic carbocycles. The summed E-state index contributed by atoms with van der Waals surface area (Å²) in [6, 6.07) is 50.1. The summed E-state index contributed by atoms with van der Waals surface area (Å²) < 4.78 is 5.26. The van der Waals surface area contributed by atoms with Gasteiger partial charge in [0.05, 0.1) is 11.0 Å². The van der Waals surface area contributed by atoms with Crippen LogP contribution in [0, 0.1) is 0 Å². The Morgan fingerprint density at radius 3 is 1.21 bits per heavy atom. The minimum absolute atomic E-state index is 1.02. The molecule has 0 aliphatic heterocycles. The van der Waals surface area contributed by atoms with Gasteiger partial charge < -0.3 is 9.13 Å². The zero-order chi connectivity index (χ0) is 32.2. The molecular weight excluding hydrogens is 581 g/mol. The van der Waals surface area contributed by atoms with Gasteiger partial charge in [0.15, 0.2) is 0 Å². The van der Waals surface area contributed by atoms with Crippen molar-refractivity contribution >= 4 is 65.2 Å². The third-order valence-electron chi connectivity index (χ3n) is 10.5. The maximum atomic E-state index is 2.63. The lowest BCUT2D eigenvalue weighted by Crippen LogP contribution is -2.02. The zero-order valence-corrected chi connectivity index (χ0v) is 27.8. The number of hydrogen-bond donors (Lipinski definition) is 0. The van der Waals surface area contributed by atoms with Crippen LogP contribution in [0.15, 0.2) is 133 Å². The van der Waals surface area contributed by atoms with Crippen LogP contribution in [-0.4, -0.2) is 9.13 Å². The first-order chi connectivity index (χ1) is 23.7. The van der Waals surface area contributed by atoms with Crippen molar-refractivity contribution in [1.82, 2.24) is 9.13 Å². The molecule has 7 aromatic carbocycles. The van der Waals surface area contributed by atoms with Crippen molar-refractivity contribution in [1.29, 1.82) is 0 Å². The van der Waals surface area contributed by atoms with Crippen LogP contribution in [0.25, 0.3) is 87.4 Å². The lowest BCUT2D eigenvalue weighted by Gasteiger charge is -2.12. The van der Waals surface area contributed by atoms with Crippen molar-refractivity contribution in [2.75, 3.05) is 0 Å². The second kappa shape index (κ2) is 11.7. The summed E-state index contributed by atoms with van der Waals surface area (Å²) in [7, 11) is 0. The monoisotopic (exact) mass is 620 g/mol. The standard InChI is InChI=1S/C46H40N2/c1-3-5-25-47-43-23-19-37(35-17-15-31-11-7-9-13-33(31)27-35)29-41(43)39-21-22-40-42-30-38(36-18-16-32-12-8-10-14-34(32)28-36)20-24-44(42)48(26-6-4-2)46(40)45(39)47/h7-24,27-30H,3-6,25-26H2,1-2H3. The molecule has 0 saturated heterocycles. The number of hydrogen-bond acceptors (Lipinski definition) is 0. The van der Waals surface area contributed by atoms with E-state index < -0.39 is 0 Å². The Labute approximate surface area is 281 Å². The molecule has 0 amide bonds. The summed E-state index contributed by atoms with van der Waals surface area (Å²) in [5.41, 5.74) is 10.5. The molecule has 234 valence electrons. The summed E-state index contributed by atoms with van der Waals surface area (Å²) in [4.78, 5) is 0. The van der Waals surface area contributed by atoms with Gasteiger partial charge in [-0.2, -0.15) is 0 Å². The summed E-state index contributed by atoms with van der Waals surface area (Å²) >= 11 is 0. The Morgan fingerprint density at radius 1 is 0.375 bits per heavy atom. The van der Waals surface area contributed by atoms with E-state index in [1.54, 1.807) is 0 Å². The van der Waals surface area contributed by atoms with Crippen LogP contribution in [0.2, 0.25) is 0 Å². The fraction of sp³-hybridized carbons (Fsp3) is 0.174. The molecule has 0 bridgehead atoms. The highest BCUT2D eigenvalue weighted by Gasteiger charge is 2.20. The lowest BCUT2D eigenvalue weighted by atomic mass is 9.99. The van der Waals surface area contributed by atoms with E-state index in [0.29, 0.717) is 0 Å². The zero-order valence-electron chi connectivity index (χ0n) is 27.8. The van der Waals surface area contributed by atoms with Crippen molar-refractivity contribution in [3.05, 3.63) is 133 Å². The third-order valence-corrected chi connectivity index (χ3v) is 10.5. The van der Waals surface area contributed by atoms with Gasteiger partial charge in [-0.05, 0) is 93.0 Å². The lowest BCUT2D eigenvalue weighted by molar-refractivity contribution is 0.655. The number of nitrogens with zero attached hydrogens (tertiary/aromatic N) is 2. The number of rotatable bonds is 8. The molecule has 2 nitrogen and oxygen atoms in total. The molecule has 0 saturated carbocycles. The molecule has 0 N–H and O–H groups in total. The van der Waals surface area contributed by atoms with Gasteiger partial charge >= 0.3 is 0 Å². The Balaban J connectivity index is 1.30. The van der Waals surface area contributed by atoms with Gasteiger partial charge in [0.2, 0.25) is 0 Å². The largest absolute Gasteiger partial charge is 0.339 e. The van der Waals surface area contributed by atoms with Crippen LogP contribution in [-0.2, 0) is 13.1 Å². The van der Waals surface area contributed by atoms with Crippen molar-refractivity contribution < 1.29 is 0 Å². The number of fused-ring (bicyclic) bond motifs is 9. The van der Waals surface area contributed by atoms with Gasteiger partial charge in [0.1, 0.15) is 0 Å². The summed E-state index contributed by atoms with van der Waals surface area (Å²) in [5, 5.41) is 10.5. The first kappa shape index (κ1) is 28.8. The van der Waals surface area contributed by atoms with Crippen LogP contribution in [0.1, 0.15) is 39.5 Å². The molecule has 2 aromatic heterocycles. The molecule has 0 radical (unpaired) electrons. The van der Waals surface area contributed by atoms with E-state index in [1.165, 1.54) is 100 Å². The molecule has 0 aliphatic rings. The van der Waals surface area contributed by atoms with Gasteiger partial charge in [0.25, 0.3) is 0 Å². The Kier molecular flexibility index (Phi) is 7.04. The normalized spacial score (nSPS) is 12.0. The molecule has 0 unspecified atom stereocenters. The molecule has 2 heteroatoms. The van der Waals surface area contributed by atoms with Crippen LogP contribution in [0.4, 0.5) is 0 Å². The van der Waals surface area contributed by atoms with Crippen molar-refractivity contribution in [2.24, 2.45) is 0 Å². The van der Waals surface area contributed by atoms with Crippen molar-refractivity contribution in [3.8, 4) is 22.3 Å². The van der Waals surface area contributed by atoms with E-state index in [-0.39, 0.29) is 0 Å². The molecule has 48 heavy (non-hydrogen) atoms. The SMILES string of the molecule is CCCCn1c2ccc(-c3ccc4ccccc4c3)cc2c2ccc3c4cc(-c5ccc6ccccc6c5)ccc4n(CCCC)c3c21. The second-order valence-corrected chi connectivity index (χ2v) is 13.5. The molecule has 2 heterocycles. The molecule has 0 atom stereocenters. The first-order valence-corrected chi connectivity index (χ1v) is 17.7. The highest BCUT2D eigenvalue weighted by atomic mass is 15.0. The number of benzene rings is 7. The van der Waals surface area contributed by atoms with E-state index in [2.05, 4.69) is 156 Å². The predicted octanol–water partition coefficient (Wildman–Crippen LogP) is 13.1. The van der Waals surface area contributed by atoms with Crippen LogP contribution in [0.5, 0.6) is 0 Å². The fourth-order valence-electron chi connectivity index (χ4n) is 7.97. The summed E-state index contributed by atoms with van der Waals surface area (Å²) in [5.74, 6) is 0. The van der Waals surface area contributed by atoms with Gasteiger partial charge in [-0.15, -0.1) is 0 Å². The number of aromatic nitrogens is 2. The molecule has 9 aromatic rings. The Bertz CT molecular complexity index is 2460. The predicted molar refractivity (Wildman–Crippen MR) is 208 cm³/mol. The number of aryl methyl sites for hydroxylation is 2. The van der Waals surface area contributed by atoms with Crippen LogP contribution < -0.4 is 0 Å². The summed E-state index contributed by atoms with van der Waals surface area (Å²) in [6.45, 7) is 6.63. The van der Waals surface area contributed by atoms with E-state index >= 15 is 0 Å². The molecular formula is C46H40N2. The first-order valence-electron chi connectivity index (χ1n) is 17.7.